The third-order valence-corrected chi connectivity index (χ3v) is 4.31. The lowest BCUT2D eigenvalue weighted by molar-refractivity contribution is -0.137. The van der Waals surface area contributed by atoms with Crippen molar-refractivity contribution in [1.82, 2.24) is 4.98 Å². The van der Waals surface area contributed by atoms with Crippen molar-refractivity contribution in [3.8, 4) is 11.3 Å². The van der Waals surface area contributed by atoms with Crippen LogP contribution < -0.4 is 5.73 Å². The minimum absolute atomic E-state index is 0.00104. The van der Waals surface area contributed by atoms with Crippen molar-refractivity contribution < 1.29 is 22.0 Å². The predicted octanol–water partition coefficient (Wildman–Crippen LogP) is 5.41. The highest BCUT2D eigenvalue weighted by atomic mass is 19.4. The lowest BCUT2D eigenvalue weighted by atomic mass is 9.97. The van der Waals surface area contributed by atoms with E-state index in [0.717, 1.165) is 12.1 Å². The molecule has 0 bridgehead atoms. The molecule has 2 nitrogen and oxygen atoms in total. The van der Waals surface area contributed by atoms with E-state index in [4.69, 9.17) is 5.73 Å². The fourth-order valence-electron chi connectivity index (χ4n) is 3.16. The summed E-state index contributed by atoms with van der Waals surface area (Å²) in [6.07, 6.45) is -2.94. The van der Waals surface area contributed by atoms with Crippen LogP contribution in [0.3, 0.4) is 0 Å². The van der Waals surface area contributed by atoms with E-state index in [9.17, 15) is 22.0 Å². The van der Waals surface area contributed by atoms with Crippen molar-refractivity contribution in [2.75, 3.05) is 6.54 Å². The standard InChI is InChI=1S/C19H17F5N2/c20-11-9-14-12(5-3-4-8-25)17(26-18(14)16(21)10-11)13-6-1-2-7-15(13)19(22,23)24/h1-2,6-7,9-10,26H,3-5,8,25H2. The third kappa shape index (κ3) is 3.44. The SMILES string of the molecule is NCCCCc1c(-c2ccccc2C(F)(F)F)[nH]c2c(F)cc(F)cc12. The Hall–Kier alpha value is -2.41. The number of nitrogens with two attached hydrogens (primary N) is 1. The molecule has 0 aliphatic carbocycles. The van der Waals surface area contributed by atoms with Crippen molar-refractivity contribution in [1.29, 1.82) is 0 Å². The second kappa shape index (κ2) is 7.07. The highest BCUT2D eigenvalue weighted by Gasteiger charge is 2.34. The molecule has 0 amide bonds. The summed E-state index contributed by atoms with van der Waals surface area (Å²) in [4.78, 5) is 2.74. The Kier molecular flexibility index (Phi) is 5.00. The number of nitrogens with one attached hydrogen (secondary N) is 1. The van der Waals surface area contributed by atoms with Gasteiger partial charge in [0.2, 0.25) is 0 Å². The molecule has 0 saturated carbocycles. The molecule has 1 aromatic heterocycles. The Morgan fingerprint density at radius 2 is 1.73 bits per heavy atom. The third-order valence-electron chi connectivity index (χ3n) is 4.31. The van der Waals surface area contributed by atoms with Gasteiger partial charge in [-0.05, 0) is 43.5 Å². The molecule has 3 rings (SSSR count). The minimum atomic E-state index is -4.56. The van der Waals surface area contributed by atoms with Gasteiger partial charge in [0.25, 0.3) is 0 Å². The number of rotatable bonds is 5. The zero-order chi connectivity index (χ0) is 18.9. The van der Waals surface area contributed by atoms with Crippen LogP contribution in [0.4, 0.5) is 22.0 Å². The Bertz CT molecular complexity index is 928. The van der Waals surface area contributed by atoms with Gasteiger partial charge in [0.15, 0.2) is 0 Å². The Morgan fingerprint density at radius 3 is 2.42 bits per heavy atom. The van der Waals surface area contributed by atoms with E-state index in [1.165, 1.54) is 18.2 Å². The molecule has 2 aromatic carbocycles. The lowest BCUT2D eigenvalue weighted by Gasteiger charge is -2.13. The topological polar surface area (TPSA) is 41.8 Å². The van der Waals surface area contributed by atoms with E-state index in [1.54, 1.807) is 0 Å². The molecule has 0 aliphatic heterocycles. The number of halogens is 5. The molecule has 1 heterocycles. The molecule has 7 heteroatoms. The number of alkyl halides is 3. The van der Waals surface area contributed by atoms with Crippen LogP contribution in [0.1, 0.15) is 24.0 Å². The average molecular weight is 368 g/mol. The molecule has 0 atom stereocenters. The molecule has 0 aliphatic rings. The first-order valence-corrected chi connectivity index (χ1v) is 8.19. The van der Waals surface area contributed by atoms with Gasteiger partial charge >= 0.3 is 6.18 Å². The van der Waals surface area contributed by atoms with Crippen LogP contribution >= 0.6 is 0 Å². The molecule has 0 unspecified atom stereocenters. The van der Waals surface area contributed by atoms with Gasteiger partial charge in [-0.1, -0.05) is 18.2 Å². The summed E-state index contributed by atoms with van der Waals surface area (Å²) in [5.74, 6) is -1.61. The molecule has 138 valence electrons. The van der Waals surface area contributed by atoms with E-state index in [1.807, 2.05) is 0 Å². The van der Waals surface area contributed by atoms with Crippen molar-refractivity contribution in [2.45, 2.75) is 25.4 Å². The van der Waals surface area contributed by atoms with Crippen LogP contribution in [0, 0.1) is 11.6 Å². The number of fused-ring (bicyclic) bond motifs is 1. The molecular formula is C19H17F5N2. The lowest BCUT2D eigenvalue weighted by Crippen LogP contribution is -2.07. The molecule has 3 N–H and O–H groups in total. The van der Waals surface area contributed by atoms with Crippen LogP contribution in [-0.2, 0) is 12.6 Å². The van der Waals surface area contributed by atoms with Gasteiger partial charge in [-0.15, -0.1) is 0 Å². The van der Waals surface area contributed by atoms with Gasteiger partial charge in [-0.3, -0.25) is 0 Å². The second-order valence-corrected chi connectivity index (χ2v) is 6.08. The number of benzene rings is 2. The maximum Gasteiger partial charge on any atom is 0.417 e. The maximum absolute atomic E-state index is 14.2. The van der Waals surface area contributed by atoms with Crippen molar-refractivity contribution in [3.63, 3.8) is 0 Å². The second-order valence-electron chi connectivity index (χ2n) is 6.08. The number of aromatic nitrogens is 1. The summed E-state index contributed by atoms with van der Waals surface area (Å²) >= 11 is 0. The van der Waals surface area contributed by atoms with Crippen LogP contribution in [-0.4, -0.2) is 11.5 Å². The Balaban J connectivity index is 2.26. The Morgan fingerprint density at radius 1 is 1.00 bits per heavy atom. The first-order chi connectivity index (χ1) is 12.3. The smallest absolute Gasteiger partial charge is 0.352 e. The van der Waals surface area contributed by atoms with Gasteiger partial charge in [0, 0.05) is 17.0 Å². The predicted molar refractivity (Wildman–Crippen MR) is 90.6 cm³/mol. The first-order valence-electron chi connectivity index (χ1n) is 8.19. The largest absolute Gasteiger partial charge is 0.417 e. The number of hydrogen-bond acceptors (Lipinski definition) is 1. The van der Waals surface area contributed by atoms with E-state index in [0.29, 0.717) is 37.4 Å². The summed E-state index contributed by atoms with van der Waals surface area (Å²) in [6.45, 7) is 0.430. The number of H-pyrrole nitrogens is 1. The number of unbranched alkanes of at least 4 members (excludes halogenated alkanes) is 1. The number of aryl methyl sites for hydroxylation is 1. The number of hydrogen-bond donors (Lipinski definition) is 2. The zero-order valence-corrected chi connectivity index (χ0v) is 13.8. The van der Waals surface area contributed by atoms with E-state index in [2.05, 4.69) is 4.98 Å². The van der Waals surface area contributed by atoms with Gasteiger partial charge in [-0.2, -0.15) is 13.2 Å². The first kappa shape index (κ1) is 18.4. The molecular weight excluding hydrogens is 351 g/mol. The van der Waals surface area contributed by atoms with Crippen LogP contribution in [0.2, 0.25) is 0 Å². The fraction of sp³-hybridized carbons (Fsp3) is 0.263. The summed E-state index contributed by atoms with van der Waals surface area (Å²) in [5, 5.41) is 0.256. The summed E-state index contributed by atoms with van der Waals surface area (Å²) in [5.41, 5.74) is 5.20. The fourth-order valence-corrected chi connectivity index (χ4v) is 3.16. The summed E-state index contributed by atoms with van der Waals surface area (Å²) in [6, 6.07) is 6.93. The van der Waals surface area contributed by atoms with E-state index < -0.39 is 23.4 Å². The molecule has 3 aromatic rings. The zero-order valence-electron chi connectivity index (χ0n) is 13.8. The van der Waals surface area contributed by atoms with Crippen molar-refractivity contribution in [2.24, 2.45) is 5.73 Å². The normalized spacial score (nSPS) is 12.1. The average Bonchev–Trinajstić information content (AvgIpc) is 2.93. The Labute approximate surface area is 146 Å². The molecule has 0 saturated heterocycles. The summed E-state index contributed by atoms with van der Waals surface area (Å²) < 4.78 is 68.1. The van der Waals surface area contributed by atoms with Gasteiger partial charge < -0.3 is 10.7 Å². The maximum atomic E-state index is 14.2. The van der Waals surface area contributed by atoms with E-state index in [-0.39, 0.29) is 22.2 Å². The van der Waals surface area contributed by atoms with E-state index >= 15 is 0 Å². The monoisotopic (exact) mass is 368 g/mol. The number of aromatic amines is 1. The molecule has 0 fully saturated rings. The quantitative estimate of drug-likeness (QED) is 0.459. The highest BCUT2D eigenvalue weighted by Crippen LogP contribution is 2.40. The summed E-state index contributed by atoms with van der Waals surface area (Å²) in [7, 11) is 0. The highest BCUT2D eigenvalue weighted by molar-refractivity contribution is 5.92. The van der Waals surface area contributed by atoms with Crippen LogP contribution in [0.25, 0.3) is 22.2 Å². The van der Waals surface area contributed by atoms with Gasteiger partial charge in [-0.25, -0.2) is 8.78 Å². The van der Waals surface area contributed by atoms with Crippen molar-refractivity contribution >= 4 is 10.9 Å². The molecule has 0 radical (unpaired) electrons. The van der Waals surface area contributed by atoms with Crippen molar-refractivity contribution in [3.05, 3.63) is 59.2 Å². The minimum Gasteiger partial charge on any atom is -0.352 e. The van der Waals surface area contributed by atoms with Crippen LogP contribution in [0.5, 0.6) is 0 Å². The van der Waals surface area contributed by atoms with Gasteiger partial charge in [0.1, 0.15) is 11.6 Å². The van der Waals surface area contributed by atoms with Gasteiger partial charge in [0.05, 0.1) is 16.8 Å². The molecule has 0 spiro atoms. The van der Waals surface area contributed by atoms with Crippen LogP contribution in [0.15, 0.2) is 36.4 Å². The molecule has 26 heavy (non-hydrogen) atoms.